The number of nitrogens with two attached hydrogens (primary N) is 1. The Hall–Kier alpha value is -3.44. The maximum atomic E-state index is 12.3. The number of piperidine rings is 1. The Balaban J connectivity index is 1.68. The second kappa shape index (κ2) is 12.0. The Bertz CT molecular complexity index is 1030. The van der Waals surface area contributed by atoms with Gasteiger partial charge in [-0.15, -0.1) is 0 Å². The van der Waals surface area contributed by atoms with Crippen LogP contribution in [0.15, 0.2) is 30.5 Å². The molecule has 1 fully saturated rings. The summed E-state index contributed by atoms with van der Waals surface area (Å²) in [4.78, 5) is 39.8. The van der Waals surface area contributed by atoms with E-state index in [4.69, 9.17) is 20.4 Å². The van der Waals surface area contributed by atoms with Gasteiger partial charge in [0.25, 0.3) is 5.91 Å². The quantitative estimate of drug-likeness (QED) is 0.348. The van der Waals surface area contributed by atoms with Crippen LogP contribution in [0, 0.1) is 0 Å². The van der Waals surface area contributed by atoms with Gasteiger partial charge in [-0.1, -0.05) is 19.1 Å². The van der Waals surface area contributed by atoms with Crippen molar-refractivity contribution in [2.75, 3.05) is 36.8 Å². The Kier molecular flexibility index (Phi) is 9.05. The zero-order valence-electron chi connectivity index (χ0n) is 21.4. The van der Waals surface area contributed by atoms with Crippen LogP contribution in [-0.4, -0.2) is 64.0 Å². The number of ether oxygens (including phenoxy) is 1. The first-order valence-corrected chi connectivity index (χ1v) is 12.1. The number of aliphatic hydroxyl groups is 1. The summed E-state index contributed by atoms with van der Waals surface area (Å²) in [7, 11) is 0. The number of aromatic nitrogens is 2. The van der Waals surface area contributed by atoms with Gasteiger partial charge in [0.1, 0.15) is 5.60 Å². The molecule has 36 heavy (non-hydrogen) atoms. The number of likely N-dealkylation sites (tertiary alicyclic amines) is 1. The Morgan fingerprint density at radius 2 is 1.89 bits per heavy atom. The van der Waals surface area contributed by atoms with Crippen LogP contribution in [0.25, 0.3) is 0 Å². The van der Waals surface area contributed by atoms with Gasteiger partial charge in [-0.3, -0.25) is 4.79 Å². The van der Waals surface area contributed by atoms with Gasteiger partial charge in [0.2, 0.25) is 0 Å². The van der Waals surface area contributed by atoms with Gasteiger partial charge in [0.15, 0.2) is 24.1 Å². The average Bonchev–Trinajstić information content (AvgIpc) is 2.83. The van der Waals surface area contributed by atoms with E-state index in [0.29, 0.717) is 37.1 Å². The standard InChI is InChI=1S/C25H36N6O5/c1-5-12-31(35-16-32)20-15-27-21(22(26)33)23(29-20)28-19-8-6-17(7-9-19)18-10-13-30(14-11-18)24(34)36-25(2,3)4/h6-9,15,18,32H,5,10-14,16H2,1-4H3,(H2,26,33)(H,28,29). The van der Waals surface area contributed by atoms with Crippen molar-refractivity contribution in [3.63, 3.8) is 0 Å². The van der Waals surface area contributed by atoms with Crippen molar-refractivity contribution >= 4 is 29.3 Å². The first-order chi connectivity index (χ1) is 17.1. The number of aliphatic hydroxyl groups excluding tert-OH is 1. The minimum atomic E-state index is -0.713. The summed E-state index contributed by atoms with van der Waals surface area (Å²) in [5.41, 5.74) is 6.87. The largest absolute Gasteiger partial charge is 0.444 e. The van der Waals surface area contributed by atoms with Gasteiger partial charge in [0.05, 0.1) is 6.20 Å². The molecular weight excluding hydrogens is 464 g/mol. The first kappa shape index (κ1) is 27.2. The topological polar surface area (TPSA) is 143 Å². The van der Waals surface area contributed by atoms with Crippen LogP contribution < -0.4 is 16.1 Å². The van der Waals surface area contributed by atoms with Crippen molar-refractivity contribution in [3.8, 4) is 0 Å². The molecule has 1 saturated heterocycles. The van der Waals surface area contributed by atoms with E-state index >= 15 is 0 Å². The Morgan fingerprint density at radius 1 is 1.22 bits per heavy atom. The number of anilines is 3. The van der Waals surface area contributed by atoms with Gasteiger partial charge in [-0.2, -0.15) is 0 Å². The molecule has 11 heteroatoms. The molecule has 0 spiro atoms. The van der Waals surface area contributed by atoms with Crippen LogP contribution in [0.4, 0.5) is 22.1 Å². The number of carbonyl (C=O) groups is 2. The molecule has 1 aromatic carbocycles. The van der Waals surface area contributed by atoms with E-state index in [-0.39, 0.29) is 17.6 Å². The van der Waals surface area contributed by atoms with Crippen molar-refractivity contribution in [3.05, 3.63) is 41.7 Å². The van der Waals surface area contributed by atoms with Crippen LogP contribution in [0.1, 0.15) is 68.9 Å². The molecule has 2 aromatic rings. The lowest BCUT2D eigenvalue weighted by Crippen LogP contribution is -2.41. The third-order valence-corrected chi connectivity index (χ3v) is 5.68. The second-order valence-electron chi connectivity index (χ2n) is 9.64. The lowest BCUT2D eigenvalue weighted by atomic mass is 9.89. The molecule has 4 N–H and O–H groups in total. The van der Waals surface area contributed by atoms with E-state index in [2.05, 4.69) is 15.3 Å². The van der Waals surface area contributed by atoms with Gasteiger partial charge in [-0.05, 0) is 63.6 Å². The molecule has 1 aliphatic rings. The fourth-order valence-corrected chi connectivity index (χ4v) is 3.98. The smallest absolute Gasteiger partial charge is 0.410 e. The second-order valence-corrected chi connectivity index (χ2v) is 9.64. The highest BCUT2D eigenvalue weighted by molar-refractivity contribution is 5.96. The minimum Gasteiger partial charge on any atom is -0.444 e. The number of carbonyl (C=O) groups excluding carboxylic acids is 2. The van der Waals surface area contributed by atoms with Gasteiger partial charge >= 0.3 is 6.09 Å². The fraction of sp³-hybridized carbons (Fsp3) is 0.520. The first-order valence-electron chi connectivity index (χ1n) is 12.1. The molecule has 1 aromatic heterocycles. The summed E-state index contributed by atoms with van der Waals surface area (Å²) >= 11 is 0. The Labute approximate surface area is 211 Å². The van der Waals surface area contributed by atoms with E-state index in [9.17, 15) is 9.59 Å². The summed E-state index contributed by atoms with van der Waals surface area (Å²) in [5.74, 6) is 0.156. The number of amides is 2. The number of nitrogens with one attached hydrogen (secondary N) is 1. The number of hydroxylamine groups is 1. The lowest BCUT2D eigenvalue weighted by molar-refractivity contribution is -0.0174. The normalized spacial score (nSPS) is 14.4. The van der Waals surface area contributed by atoms with Crippen molar-refractivity contribution in [1.29, 1.82) is 0 Å². The third kappa shape index (κ3) is 7.28. The van der Waals surface area contributed by atoms with Crippen LogP contribution >= 0.6 is 0 Å². The molecule has 0 saturated carbocycles. The van der Waals surface area contributed by atoms with Gasteiger partial charge < -0.3 is 25.8 Å². The SMILES string of the molecule is CCCN(OCO)c1cnc(C(N)=O)c(Nc2ccc(C3CCN(C(=O)OC(C)(C)C)CC3)cc2)n1. The number of nitrogens with zero attached hydrogens (tertiary/aromatic N) is 4. The van der Waals surface area contributed by atoms with Crippen LogP contribution in [0.2, 0.25) is 0 Å². The van der Waals surface area contributed by atoms with E-state index in [1.54, 1.807) is 4.90 Å². The van der Waals surface area contributed by atoms with Crippen LogP contribution in [0.3, 0.4) is 0 Å². The molecule has 3 rings (SSSR count). The maximum absolute atomic E-state index is 12.3. The molecule has 0 aliphatic carbocycles. The predicted molar refractivity (Wildman–Crippen MR) is 136 cm³/mol. The van der Waals surface area contributed by atoms with Crippen molar-refractivity contribution in [2.45, 2.75) is 58.5 Å². The van der Waals surface area contributed by atoms with Crippen LogP contribution in [0.5, 0.6) is 0 Å². The Morgan fingerprint density at radius 3 is 2.44 bits per heavy atom. The fourth-order valence-electron chi connectivity index (χ4n) is 3.98. The molecule has 196 valence electrons. The molecule has 0 radical (unpaired) electrons. The monoisotopic (exact) mass is 500 g/mol. The molecule has 0 bridgehead atoms. The predicted octanol–water partition coefficient (Wildman–Crippen LogP) is 3.53. The summed E-state index contributed by atoms with van der Waals surface area (Å²) in [6, 6.07) is 7.86. The highest BCUT2D eigenvalue weighted by Gasteiger charge is 2.27. The molecule has 1 aliphatic heterocycles. The van der Waals surface area contributed by atoms with Crippen molar-refractivity contribution < 1.29 is 24.3 Å². The summed E-state index contributed by atoms with van der Waals surface area (Å²) in [6.07, 6.45) is 3.56. The van der Waals surface area contributed by atoms with Gasteiger partial charge in [0, 0.05) is 25.3 Å². The van der Waals surface area contributed by atoms with Gasteiger partial charge in [-0.25, -0.2) is 24.7 Å². The summed E-state index contributed by atoms with van der Waals surface area (Å²) in [5, 5.41) is 13.7. The lowest BCUT2D eigenvalue weighted by Gasteiger charge is -2.33. The molecule has 2 amide bonds. The molecular formula is C25H36N6O5. The highest BCUT2D eigenvalue weighted by atomic mass is 16.7. The van der Waals surface area contributed by atoms with E-state index in [1.807, 2.05) is 52.0 Å². The number of benzene rings is 1. The molecule has 11 nitrogen and oxygen atoms in total. The maximum Gasteiger partial charge on any atom is 0.410 e. The van der Waals surface area contributed by atoms with E-state index in [0.717, 1.165) is 19.3 Å². The summed E-state index contributed by atoms with van der Waals surface area (Å²) < 4.78 is 5.48. The summed E-state index contributed by atoms with van der Waals surface area (Å²) in [6.45, 7) is 8.82. The van der Waals surface area contributed by atoms with Crippen molar-refractivity contribution in [1.82, 2.24) is 14.9 Å². The van der Waals surface area contributed by atoms with Crippen LogP contribution in [-0.2, 0) is 9.57 Å². The number of primary amides is 1. The minimum absolute atomic E-state index is 0.00205. The van der Waals surface area contributed by atoms with E-state index in [1.165, 1.54) is 16.8 Å². The highest BCUT2D eigenvalue weighted by Crippen LogP contribution is 2.30. The van der Waals surface area contributed by atoms with Crippen molar-refractivity contribution in [2.24, 2.45) is 5.73 Å². The molecule has 2 heterocycles. The zero-order valence-corrected chi connectivity index (χ0v) is 21.4. The number of rotatable bonds is 9. The molecule has 0 unspecified atom stereocenters. The van der Waals surface area contributed by atoms with E-state index < -0.39 is 18.3 Å². The zero-order chi connectivity index (χ0) is 26.3. The number of hydrogen-bond donors (Lipinski definition) is 3. The molecule has 0 atom stereocenters. The number of hydrogen-bond acceptors (Lipinski definition) is 9. The average molecular weight is 501 g/mol. The third-order valence-electron chi connectivity index (χ3n) is 5.68.